The molecule has 0 spiro atoms. The smallest absolute Gasteiger partial charge is 0.336 e. The first-order chi connectivity index (χ1) is 6.83. The van der Waals surface area contributed by atoms with Crippen molar-refractivity contribution in [2.45, 2.75) is 32.0 Å². The Hall–Kier alpha value is -1.00. The van der Waals surface area contributed by atoms with Gasteiger partial charge in [-0.15, -0.1) is 0 Å². The molecule has 1 fully saturated rings. The Morgan fingerprint density at radius 1 is 1.60 bits per heavy atom. The highest BCUT2D eigenvalue weighted by atomic mass is 19.4. The summed E-state index contributed by atoms with van der Waals surface area (Å²) in [7, 11) is 0. The summed E-state index contributed by atoms with van der Waals surface area (Å²) < 4.78 is 36.6. The van der Waals surface area contributed by atoms with Crippen LogP contribution in [0.5, 0.6) is 0 Å². The number of carbonyl (C=O) groups excluding carboxylic acids is 1. The summed E-state index contributed by atoms with van der Waals surface area (Å²) in [5.41, 5.74) is 0. The van der Waals surface area contributed by atoms with Crippen LogP contribution in [-0.2, 0) is 4.79 Å². The lowest BCUT2D eigenvalue weighted by Gasteiger charge is -2.24. The van der Waals surface area contributed by atoms with Gasteiger partial charge < -0.3 is 4.90 Å². The van der Waals surface area contributed by atoms with Crippen LogP contribution in [0.1, 0.15) is 19.8 Å². The molecule has 1 rings (SSSR count). The molecule has 2 nitrogen and oxygen atoms in total. The van der Waals surface area contributed by atoms with Crippen LogP contribution in [0.25, 0.3) is 0 Å². The molecule has 86 valence electrons. The van der Waals surface area contributed by atoms with Gasteiger partial charge in [-0.2, -0.15) is 13.2 Å². The number of halogens is 3. The zero-order valence-corrected chi connectivity index (χ0v) is 8.55. The largest absolute Gasteiger partial charge is 0.391 e. The Balaban J connectivity index is 2.69. The van der Waals surface area contributed by atoms with Crippen molar-refractivity contribution in [1.29, 1.82) is 0 Å². The molecule has 0 aromatic heterocycles. The summed E-state index contributed by atoms with van der Waals surface area (Å²) in [5, 5.41) is 0. The standard InChI is InChI=1S/C10H14F3NO/c1-3-9(15)14-6-7(2)4-8(14)5-10(11,12)13/h3,7-8H,1,4-6H2,2H3/t7-,8+/m0/s1. The van der Waals surface area contributed by atoms with E-state index in [-0.39, 0.29) is 5.92 Å². The molecule has 0 bridgehead atoms. The zero-order chi connectivity index (χ0) is 11.6. The molecule has 1 aliphatic heterocycles. The first kappa shape index (κ1) is 12.1. The molecule has 1 saturated heterocycles. The molecule has 0 saturated carbocycles. The fraction of sp³-hybridized carbons (Fsp3) is 0.700. The number of nitrogens with zero attached hydrogens (tertiary/aromatic N) is 1. The van der Waals surface area contributed by atoms with Crippen LogP contribution in [0.2, 0.25) is 0 Å². The molecule has 1 heterocycles. The van der Waals surface area contributed by atoms with Crippen LogP contribution in [0.3, 0.4) is 0 Å². The number of hydrogen-bond donors (Lipinski definition) is 0. The molecule has 0 N–H and O–H groups in total. The highest BCUT2D eigenvalue weighted by Crippen LogP contribution is 2.32. The lowest BCUT2D eigenvalue weighted by atomic mass is 10.1. The maximum absolute atomic E-state index is 12.2. The van der Waals surface area contributed by atoms with Crippen molar-refractivity contribution < 1.29 is 18.0 Å². The summed E-state index contributed by atoms with van der Waals surface area (Å²) in [6.07, 6.45) is -3.65. The van der Waals surface area contributed by atoms with Crippen molar-refractivity contribution in [3.05, 3.63) is 12.7 Å². The highest BCUT2D eigenvalue weighted by Gasteiger charge is 2.40. The van der Waals surface area contributed by atoms with Gasteiger partial charge in [-0.25, -0.2) is 0 Å². The molecule has 0 radical (unpaired) electrons. The van der Waals surface area contributed by atoms with Gasteiger partial charge in [-0.1, -0.05) is 13.5 Å². The number of likely N-dealkylation sites (tertiary alicyclic amines) is 1. The van der Waals surface area contributed by atoms with Crippen molar-refractivity contribution in [3.63, 3.8) is 0 Å². The van der Waals surface area contributed by atoms with Gasteiger partial charge in [-0.05, 0) is 18.4 Å². The van der Waals surface area contributed by atoms with Crippen LogP contribution in [0, 0.1) is 5.92 Å². The quantitative estimate of drug-likeness (QED) is 0.655. The first-order valence-electron chi connectivity index (χ1n) is 4.83. The summed E-state index contributed by atoms with van der Waals surface area (Å²) in [4.78, 5) is 12.6. The normalized spacial score (nSPS) is 26.8. The van der Waals surface area contributed by atoms with E-state index in [0.29, 0.717) is 13.0 Å². The molecule has 0 aliphatic carbocycles. The topological polar surface area (TPSA) is 20.3 Å². The van der Waals surface area contributed by atoms with Crippen LogP contribution in [0.4, 0.5) is 13.2 Å². The van der Waals surface area contributed by atoms with Gasteiger partial charge >= 0.3 is 6.18 Å². The van der Waals surface area contributed by atoms with Gasteiger partial charge in [0.15, 0.2) is 0 Å². The van der Waals surface area contributed by atoms with Gasteiger partial charge in [0.25, 0.3) is 0 Å². The first-order valence-corrected chi connectivity index (χ1v) is 4.83. The lowest BCUT2D eigenvalue weighted by Crippen LogP contribution is -2.37. The average Bonchev–Trinajstić information content (AvgIpc) is 2.42. The molecule has 5 heteroatoms. The second-order valence-electron chi connectivity index (χ2n) is 4.01. The number of alkyl halides is 3. The van der Waals surface area contributed by atoms with E-state index in [1.54, 1.807) is 0 Å². The Labute approximate surface area is 86.7 Å². The van der Waals surface area contributed by atoms with Crippen molar-refractivity contribution >= 4 is 5.91 Å². The Morgan fingerprint density at radius 3 is 2.67 bits per heavy atom. The summed E-state index contributed by atoms with van der Waals surface area (Å²) in [6.45, 7) is 5.53. The number of hydrogen-bond acceptors (Lipinski definition) is 1. The van der Waals surface area contributed by atoms with Crippen LogP contribution < -0.4 is 0 Å². The molecule has 2 atom stereocenters. The van der Waals surface area contributed by atoms with E-state index in [1.165, 1.54) is 4.90 Å². The average molecular weight is 221 g/mol. The van der Waals surface area contributed by atoms with Crippen LogP contribution >= 0.6 is 0 Å². The van der Waals surface area contributed by atoms with Gasteiger partial charge in [0.1, 0.15) is 0 Å². The maximum atomic E-state index is 12.2. The van der Waals surface area contributed by atoms with Gasteiger partial charge in [0.2, 0.25) is 5.91 Å². The van der Waals surface area contributed by atoms with Crippen molar-refractivity contribution in [3.8, 4) is 0 Å². The highest BCUT2D eigenvalue weighted by molar-refractivity contribution is 5.87. The Bertz CT molecular complexity index is 262. The molecular weight excluding hydrogens is 207 g/mol. The predicted molar refractivity (Wildman–Crippen MR) is 50.2 cm³/mol. The van der Waals surface area contributed by atoms with E-state index in [9.17, 15) is 18.0 Å². The second kappa shape index (κ2) is 4.24. The van der Waals surface area contributed by atoms with E-state index in [4.69, 9.17) is 0 Å². The third-order valence-corrected chi connectivity index (χ3v) is 2.55. The van der Waals surface area contributed by atoms with Gasteiger partial charge in [0.05, 0.1) is 6.42 Å². The van der Waals surface area contributed by atoms with E-state index in [0.717, 1.165) is 6.08 Å². The molecule has 1 aliphatic rings. The SMILES string of the molecule is C=CC(=O)N1C[C@@H](C)C[C@@H]1CC(F)(F)F. The number of carbonyl (C=O) groups is 1. The minimum atomic E-state index is -4.21. The number of amides is 1. The number of rotatable bonds is 2. The molecule has 0 unspecified atom stereocenters. The third-order valence-electron chi connectivity index (χ3n) is 2.55. The van der Waals surface area contributed by atoms with Crippen LogP contribution in [-0.4, -0.2) is 29.6 Å². The third kappa shape index (κ3) is 3.25. The van der Waals surface area contributed by atoms with Crippen molar-refractivity contribution in [2.24, 2.45) is 5.92 Å². The summed E-state index contributed by atoms with van der Waals surface area (Å²) >= 11 is 0. The Kier molecular flexibility index (Phi) is 3.42. The molecule has 15 heavy (non-hydrogen) atoms. The van der Waals surface area contributed by atoms with Crippen molar-refractivity contribution in [2.75, 3.05) is 6.54 Å². The maximum Gasteiger partial charge on any atom is 0.391 e. The molecule has 0 aromatic carbocycles. The second-order valence-corrected chi connectivity index (χ2v) is 4.01. The summed E-state index contributed by atoms with van der Waals surface area (Å²) in [5.74, 6) is -0.283. The minimum Gasteiger partial charge on any atom is -0.336 e. The van der Waals surface area contributed by atoms with E-state index < -0.39 is 24.5 Å². The van der Waals surface area contributed by atoms with E-state index >= 15 is 0 Å². The van der Waals surface area contributed by atoms with E-state index in [2.05, 4.69) is 6.58 Å². The van der Waals surface area contributed by atoms with Gasteiger partial charge in [-0.3, -0.25) is 4.79 Å². The molecule has 1 amide bonds. The fourth-order valence-electron chi connectivity index (χ4n) is 2.00. The van der Waals surface area contributed by atoms with Crippen LogP contribution in [0.15, 0.2) is 12.7 Å². The predicted octanol–water partition coefficient (Wildman–Crippen LogP) is 2.36. The summed E-state index contributed by atoms with van der Waals surface area (Å²) in [6, 6.07) is -0.717. The molecular formula is C10H14F3NO. The minimum absolute atomic E-state index is 0.126. The lowest BCUT2D eigenvalue weighted by molar-refractivity contribution is -0.149. The molecule has 0 aromatic rings. The van der Waals surface area contributed by atoms with Gasteiger partial charge in [0, 0.05) is 12.6 Å². The Morgan fingerprint density at radius 2 is 2.20 bits per heavy atom. The fourth-order valence-corrected chi connectivity index (χ4v) is 2.00. The van der Waals surface area contributed by atoms with E-state index in [1.807, 2.05) is 6.92 Å². The zero-order valence-electron chi connectivity index (χ0n) is 8.55. The van der Waals surface area contributed by atoms with Crippen molar-refractivity contribution in [1.82, 2.24) is 4.90 Å². The monoisotopic (exact) mass is 221 g/mol.